The van der Waals surface area contributed by atoms with Crippen molar-refractivity contribution in [1.29, 1.82) is 0 Å². The van der Waals surface area contributed by atoms with E-state index in [2.05, 4.69) is 31.2 Å². The van der Waals surface area contributed by atoms with Crippen LogP contribution in [-0.2, 0) is 9.47 Å². The summed E-state index contributed by atoms with van der Waals surface area (Å²) in [6.45, 7) is 2.22. The average Bonchev–Trinajstić information content (AvgIpc) is 2.28. The lowest BCUT2D eigenvalue weighted by Gasteiger charge is -2.34. The van der Waals surface area contributed by atoms with E-state index in [1.807, 2.05) is 0 Å². The fraction of sp³-hybridized carbons (Fsp3) is 0.538. The Morgan fingerprint density at radius 3 is 2.33 bits per heavy atom. The first-order chi connectivity index (χ1) is 7.27. The predicted molar refractivity (Wildman–Crippen MR) is 59.7 cm³/mol. The van der Waals surface area contributed by atoms with Gasteiger partial charge in [-0.15, -0.1) is 0 Å². The Labute approximate surface area is 91.2 Å². The van der Waals surface area contributed by atoms with Gasteiger partial charge in [0.15, 0.2) is 0 Å². The molecular formula is C13H18O2. The fourth-order valence-corrected chi connectivity index (χ4v) is 2.54. The third kappa shape index (κ3) is 1.80. The summed E-state index contributed by atoms with van der Waals surface area (Å²) in [4.78, 5) is 0. The maximum Gasteiger partial charge on any atom is 0.0851 e. The molecule has 2 rings (SSSR count). The van der Waals surface area contributed by atoms with E-state index in [9.17, 15) is 0 Å². The summed E-state index contributed by atoms with van der Waals surface area (Å²) in [6, 6.07) is 8.41. The van der Waals surface area contributed by atoms with Gasteiger partial charge < -0.3 is 9.47 Å². The van der Waals surface area contributed by atoms with Crippen molar-refractivity contribution < 1.29 is 9.47 Å². The third-order valence-electron chi connectivity index (χ3n) is 3.29. The molecule has 2 heteroatoms. The van der Waals surface area contributed by atoms with Crippen LogP contribution in [0.3, 0.4) is 0 Å². The maximum atomic E-state index is 5.57. The number of hydrogen-bond donors (Lipinski definition) is 0. The van der Waals surface area contributed by atoms with Gasteiger partial charge in [0, 0.05) is 14.2 Å². The minimum absolute atomic E-state index is 0.215. The average molecular weight is 206 g/mol. The van der Waals surface area contributed by atoms with Crippen molar-refractivity contribution in [3.63, 3.8) is 0 Å². The largest absolute Gasteiger partial charge is 0.377 e. The first kappa shape index (κ1) is 10.7. The molecule has 0 bridgehead atoms. The van der Waals surface area contributed by atoms with Gasteiger partial charge in [-0.1, -0.05) is 31.2 Å². The zero-order valence-electron chi connectivity index (χ0n) is 9.57. The monoisotopic (exact) mass is 206 g/mol. The summed E-state index contributed by atoms with van der Waals surface area (Å²) in [6.07, 6.45) is 1.47. The second kappa shape index (κ2) is 4.33. The van der Waals surface area contributed by atoms with Crippen LogP contribution >= 0.6 is 0 Å². The lowest BCUT2D eigenvalue weighted by molar-refractivity contribution is -0.00190. The predicted octanol–water partition coefficient (Wildman–Crippen LogP) is 3.10. The highest BCUT2D eigenvalue weighted by Gasteiger charge is 2.32. The molecule has 0 heterocycles. The fourth-order valence-electron chi connectivity index (χ4n) is 2.54. The highest BCUT2D eigenvalue weighted by Crippen LogP contribution is 2.42. The molecular weight excluding hydrogens is 188 g/mol. The van der Waals surface area contributed by atoms with E-state index < -0.39 is 0 Å². The quantitative estimate of drug-likeness (QED) is 0.740. The molecule has 0 spiro atoms. The Morgan fingerprint density at radius 1 is 1.07 bits per heavy atom. The molecule has 0 amide bonds. The topological polar surface area (TPSA) is 18.5 Å². The second-order valence-corrected chi connectivity index (χ2v) is 4.22. The Balaban J connectivity index is 2.43. The molecule has 0 saturated carbocycles. The molecule has 82 valence electrons. The molecule has 0 N–H and O–H groups in total. The molecule has 15 heavy (non-hydrogen) atoms. The van der Waals surface area contributed by atoms with Gasteiger partial charge in [0.1, 0.15) is 0 Å². The minimum Gasteiger partial charge on any atom is -0.377 e. The second-order valence-electron chi connectivity index (χ2n) is 4.22. The zero-order chi connectivity index (χ0) is 10.8. The van der Waals surface area contributed by atoms with Crippen molar-refractivity contribution >= 4 is 0 Å². The number of methoxy groups -OCH3 is 2. The first-order valence-corrected chi connectivity index (χ1v) is 5.42. The van der Waals surface area contributed by atoms with Crippen molar-refractivity contribution in [3.8, 4) is 0 Å². The van der Waals surface area contributed by atoms with Crippen LogP contribution in [0, 0.1) is 5.92 Å². The van der Waals surface area contributed by atoms with E-state index in [-0.39, 0.29) is 12.2 Å². The molecule has 0 fully saturated rings. The van der Waals surface area contributed by atoms with Crippen molar-refractivity contribution in [3.05, 3.63) is 35.4 Å². The van der Waals surface area contributed by atoms with Crippen LogP contribution in [0.25, 0.3) is 0 Å². The van der Waals surface area contributed by atoms with E-state index in [4.69, 9.17) is 9.47 Å². The highest BCUT2D eigenvalue weighted by atomic mass is 16.5. The number of rotatable bonds is 2. The van der Waals surface area contributed by atoms with E-state index >= 15 is 0 Å². The molecule has 0 saturated heterocycles. The Hall–Kier alpha value is -0.860. The molecule has 3 unspecified atom stereocenters. The summed E-state index contributed by atoms with van der Waals surface area (Å²) in [5.74, 6) is 0.509. The number of benzene rings is 1. The molecule has 1 aliphatic rings. The maximum absolute atomic E-state index is 5.57. The number of ether oxygens (including phenoxy) is 2. The standard InChI is InChI=1S/C13H18O2/c1-9-8-12(14-2)10-6-4-5-7-11(10)13(9)15-3/h4-7,9,12-13H,8H2,1-3H3. The van der Waals surface area contributed by atoms with Crippen LogP contribution < -0.4 is 0 Å². The molecule has 3 atom stereocenters. The van der Waals surface area contributed by atoms with Crippen LogP contribution in [0.5, 0.6) is 0 Å². The Morgan fingerprint density at radius 2 is 1.73 bits per heavy atom. The van der Waals surface area contributed by atoms with Crippen molar-refractivity contribution in [2.75, 3.05) is 14.2 Å². The Kier molecular flexibility index (Phi) is 3.08. The summed E-state index contributed by atoms with van der Waals surface area (Å²) in [7, 11) is 3.56. The smallest absolute Gasteiger partial charge is 0.0851 e. The van der Waals surface area contributed by atoms with Gasteiger partial charge in [-0.05, 0) is 23.5 Å². The van der Waals surface area contributed by atoms with Crippen LogP contribution in [0.4, 0.5) is 0 Å². The minimum atomic E-state index is 0.215. The third-order valence-corrected chi connectivity index (χ3v) is 3.29. The van der Waals surface area contributed by atoms with Gasteiger partial charge in [0.2, 0.25) is 0 Å². The van der Waals surface area contributed by atoms with Crippen LogP contribution in [0.1, 0.15) is 36.7 Å². The number of fused-ring (bicyclic) bond motifs is 1. The zero-order valence-corrected chi connectivity index (χ0v) is 9.57. The van der Waals surface area contributed by atoms with Crippen molar-refractivity contribution in [2.45, 2.75) is 25.6 Å². The summed E-state index contributed by atoms with van der Waals surface area (Å²) in [5.41, 5.74) is 2.57. The SMILES string of the molecule is COC1CC(C)C(OC)c2ccccc21. The first-order valence-electron chi connectivity index (χ1n) is 5.42. The lowest BCUT2D eigenvalue weighted by Crippen LogP contribution is -2.24. The van der Waals surface area contributed by atoms with Gasteiger partial charge in [0.05, 0.1) is 12.2 Å². The lowest BCUT2D eigenvalue weighted by atomic mass is 9.80. The van der Waals surface area contributed by atoms with Gasteiger partial charge in [0.25, 0.3) is 0 Å². The summed E-state index contributed by atoms with van der Waals surface area (Å²) >= 11 is 0. The van der Waals surface area contributed by atoms with E-state index in [1.165, 1.54) is 11.1 Å². The van der Waals surface area contributed by atoms with Crippen molar-refractivity contribution in [1.82, 2.24) is 0 Å². The molecule has 0 radical (unpaired) electrons. The van der Waals surface area contributed by atoms with E-state index in [1.54, 1.807) is 14.2 Å². The van der Waals surface area contributed by atoms with E-state index in [0.717, 1.165) is 6.42 Å². The molecule has 1 aliphatic carbocycles. The molecule has 2 nitrogen and oxygen atoms in total. The van der Waals surface area contributed by atoms with Gasteiger partial charge >= 0.3 is 0 Å². The highest BCUT2D eigenvalue weighted by molar-refractivity contribution is 5.34. The molecule has 0 aromatic heterocycles. The van der Waals surface area contributed by atoms with Gasteiger partial charge in [-0.25, -0.2) is 0 Å². The number of hydrogen-bond acceptors (Lipinski definition) is 2. The van der Waals surface area contributed by atoms with Crippen LogP contribution in [-0.4, -0.2) is 14.2 Å². The van der Waals surface area contributed by atoms with Gasteiger partial charge in [-0.3, -0.25) is 0 Å². The summed E-state index contributed by atoms with van der Waals surface area (Å²) < 4.78 is 11.1. The molecule has 0 aliphatic heterocycles. The van der Waals surface area contributed by atoms with Gasteiger partial charge in [-0.2, -0.15) is 0 Å². The van der Waals surface area contributed by atoms with Crippen LogP contribution in [0.15, 0.2) is 24.3 Å². The van der Waals surface area contributed by atoms with Crippen molar-refractivity contribution in [2.24, 2.45) is 5.92 Å². The normalized spacial score (nSPS) is 29.9. The Bertz CT molecular complexity index is 335. The van der Waals surface area contributed by atoms with Crippen LogP contribution in [0.2, 0.25) is 0 Å². The molecule has 1 aromatic rings. The molecule has 1 aromatic carbocycles. The summed E-state index contributed by atoms with van der Waals surface area (Å²) in [5, 5.41) is 0. The van der Waals surface area contributed by atoms with E-state index in [0.29, 0.717) is 5.92 Å².